The first-order valence-corrected chi connectivity index (χ1v) is 4.01. The first-order chi connectivity index (χ1) is 3.89. The number of thiol groups is 1. The van der Waals surface area contributed by atoms with Crippen LogP contribution in [-0.2, 0) is 0 Å². The number of aromatic nitrogens is 2. The van der Waals surface area contributed by atoms with Crippen LogP contribution in [0.3, 0.4) is 0 Å². The molecular formula is C3H6N2S3. The van der Waals surface area contributed by atoms with E-state index in [0.717, 1.165) is 3.95 Å². The summed E-state index contributed by atoms with van der Waals surface area (Å²) in [5, 5.41) is 6.19. The molecule has 0 unspecified atom stereocenters. The van der Waals surface area contributed by atoms with E-state index in [1.165, 1.54) is 11.3 Å². The fourth-order valence-electron chi connectivity index (χ4n) is 0.180. The average molecular weight is 166 g/mol. The van der Waals surface area contributed by atoms with E-state index in [-0.39, 0.29) is 0 Å². The van der Waals surface area contributed by atoms with Gasteiger partial charge in [-0.3, -0.25) is 5.10 Å². The molecule has 0 fully saturated rings. The number of nitrogens with one attached hydrogen (secondary N) is 1. The van der Waals surface area contributed by atoms with Gasteiger partial charge in [0.25, 0.3) is 0 Å². The first-order valence-electron chi connectivity index (χ1n) is 1.82. The average Bonchev–Trinajstić information content (AvgIpc) is 2.24. The number of hydrogen-bond donors (Lipinski definition) is 2. The number of nitrogens with zero attached hydrogens (tertiary/aromatic N) is 1. The fraction of sp³-hybridized carbons (Fsp3) is 0.333. The molecule has 0 saturated carbocycles. The highest BCUT2D eigenvalue weighted by Gasteiger charge is 1.68. The summed E-state index contributed by atoms with van der Waals surface area (Å²) in [4.78, 5) is 0. The van der Waals surface area contributed by atoms with Gasteiger partial charge in [-0.25, -0.2) is 0 Å². The maximum Gasteiger partial charge on any atom is 0.176 e. The highest BCUT2D eigenvalue weighted by atomic mass is 32.1. The molecule has 0 atom stereocenters. The van der Waals surface area contributed by atoms with Gasteiger partial charge in [-0.15, -0.1) is 0 Å². The minimum atomic E-state index is 0.731. The quantitative estimate of drug-likeness (QED) is 0.454. The van der Waals surface area contributed by atoms with Crippen molar-refractivity contribution in [2.75, 3.05) is 6.26 Å². The predicted molar refractivity (Wildman–Crippen MR) is 42.2 cm³/mol. The van der Waals surface area contributed by atoms with Gasteiger partial charge in [0.15, 0.2) is 3.95 Å². The summed E-state index contributed by atoms with van der Waals surface area (Å²) < 4.78 is 0.731. The summed E-state index contributed by atoms with van der Waals surface area (Å²) >= 11 is 9.60. The number of hydrogen-bond acceptors (Lipinski definition) is 4. The molecule has 0 aliphatic rings. The van der Waals surface area contributed by atoms with Crippen molar-refractivity contribution in [2.45, 2.75) is 0 Å². The van der Waals surface area contributed by atoms with Crippen LogP contribution in [0.15, 0.2) is 5.51 Å². The van der Waals surface area contributed by atoms with Gasteiger partial charge in [-0.2, -0.15) is 17.7 Å². The Morgan fingerprint density at radius 2 is 2.50 bits per heavy atom. The van der Waals surface area contributed by atoms with E-state index in [1.807, 2.05) is 0 Å². The second kappa shape index (κ2) is 5.27. The van der Waals surface area contributed by atoms with Crippen molar-refractivity contribution >= 4 is 36.2 Å². The molecule has 0 aliphatic carbocycles. The summed E-state index contributed by atoms with van der Waals surface area (Å²) in [5.74, 6) is 0. The van der Waals surface area contributed by atoms with Crippen LogP contribution in [0.25, 0.3) is 0 Å². The van der Waals surface area contributed by atoms with Crippen molar-refractivity contribution in [2.24, 2.45) is 0 Å². The van der Waals surface area contributed by atoms with Gasteiger partial charge >= 0.3 is 0 Å². The smallest absolute Gasteiger partial charge is 0.176 e. The molecule has 0 aliphatic heterocycles. The highest BCUT2D eigenvalue weighted by Crippen LogP contribution is 1.88. The maximum absolute atomic E-state index is 4.65. The van der Waals surface area contributed by atoms with Crippen molar-refractivity contribution < 1.29 is 0 Å². The molecule has 5 heteroatoms. The summed E-state index contributed by atoms with van der Waals surface area (Å²) in [7, 11) is 0. The lowest BCUT2D eigenvalue weighted by atomic mass is 11.6. The second-order valence-electron chi connectivity index (χ2n) is 0.752. The summed E-state index contributed by atoms with van der Waals surface area (Å²) in [6, 6.07) is 0. The van der Waals surface area contributed by atoms with Crippen LogP contribution in [0, 0.1) is 3.95 Å². The Balaban J connectivity index is 0.000000222. The van der Waals surface area contributed by atoms with Crippen molar-refractivity contribution in [3.05, 3.63) is 9.46 Å². The maximum atomic E-state index is 4.65. The molecule has 1 rings (SSSR count). The number of aromatic amines is 1. The van der Waals surface area contributed by atoms with Crippen LogP contribution in [0.4, 0.5) is 0 Å². The Labute approximate surface area is 62.4 Å². The zero-order chi connectivity index (χ0) is 6.41. The van der Waals surface area contributed by atoms with Gasteiger partial charge < -0.3 is 0 Å². The third kappa shape index (κ3) is 3.17. The topological polar surface area (TPSA) is 28.7 Å². The van der Waals surface area contributed by atoms with E-state index in [2.05, 4.69) is 35.0 Å². The third-order valence-electron chi connectivity index (χ3n) is 0.368. The molecule has 1 heterocycles. The van der Waals surface area contributed by atoms with Gasteiger partial charge in [-0.05, 0) is 18.5 Å². The van der Waals surface area contributed by atoms with Crippen molar-refractivity contribution in [1.82, 2.24) is 10.2 Å². The van der Waals surface area contributed by atoms with E-state index in [1.54, 1.807) is 11.8 Å². The zero-order valence-corrected chi connectivity index (χ0v) is 6.82. The fourth-order valence-corrected chi connectivity index (χ4v) is 0.668. The molecule has 0 amide bonds. The zero-order valence-electron chi connectivity index (χ0n) is 4.29. The third-order valence-corrected chi connectivity index (χ3v) is 1.26. The van der Waals surface area contributed by atoms with Gasteiger partial charge in [0, 0.05) is 0 Å². The standard InChI is InChI=1S/C2H2N2S2.CH4S/c5-2-4-3-1-6-2;1-2/h1H,(H,4,5);2H,1H3. The molecule has 1 N–H and O–H groups in total. The SMILES string of the molecule is CS.S=c1[nH]ncs1. The van der Waals surface area contributed by atoms with E-state index in [4.69, 9.17) is 0 Å². The first kappa shape index (κ1) is 8.13. The lowest BCUT2D eigenvalue weighted by molar-refractivity contribution is 1.08. The Morgan fingerprint density at radius 1 is 1.88 bits per heavy atom. The summed E-state index contributed by atoms with van der Waals surface area (Å²) in [5.41, 5.74) is 1.67. The molecule has 0 spiro atoms. The van der Waals surface area contributed by atoms with Crippen LogP contribution in [-0.4, -0.2) is 16.5 Å². The Bertz CT molecular complexity index is 150. The van der Waals surface area contributed by atoms with Crippen LogP contribution < -0.4 is 0 Å². The molecule has 0 saturated heterocycles. The Kier molecular flexibility index (Phi) is 5.36. The second-order valence-corrected chi connectivity index (χ2v) is 2.27. The van der Waals surface area contributed by atoms with Crippen LogP contribution >= 0.6 is 36.2 Å². The van der Waals surface area contributed by atoms with E-state index < -0.39 is 0 Å². The molecule has 1 aromatic rings. The van der Waals surface area contributed by atoms with Crippen LogP contribution in [0.1, 0.15) is 0 Å². The molecule has 1 aromatic heterocycles. The molecular weight excluding hydrogens is 160 g/mol. The van der Waals surface area contributed by atoms with Gasteiger partial charge in [0.05, 0.1) is 0 Å². The minimum absolute atomic E-state index is 0.731. The van der Waals surface area contributed by atoms with Gasteiger partial charge in [0.1, 0.15) is 5.51 Å². The molecule has 0 aromatic carbocycles. The normalized spacial score (nSPS) is 7.25. The van der Waals surface area contributed by atoms with Crippen LogP contribution in [0.2, 0.25) is 0 Å². The molecule has 46 valence electrons. The molecule has 8 heavy (non-hydrogen) atoms. The molecule has 0 bridgehead atoms. The Hall–Kier alpha value is 0.130. The highest BCUT2D eigenvalue weighted by molar-refractivity contribution is 7.79. The van der Waals surface area contributed by atoms with Crippen molar-refractivity contribution in [1.29, 1.82) is 0 Å². The largest absolute Gasteiger partial charge is 0.258 e. The van der Waals surface area contributed by atoms with E-state index in [0.29, 0.717) is 0 Å². The van der Waals surface area contributed by atoms with E-state index >= 15 is 0 Å². The van der Waals surface area contributed by atoms with Gasteiger partial charge in [0.2, 0.25) is 0 Å². The lowest BCUT2D eigenvalue weighted by Crippen LogP contribution is -1.57. The molecule has 0 radical (unpaired) electrons. The minimum Gasteiger partial charge on any atom is -0.258 e. The van der Waals surface area contributed by atoms with Crippen LogP contribution in [0.5, 0.6) is 0 Å². The van der Waals surface area contributed by atoms with E-state index in [9.17, 15) is 0 Å². The summed E-state index contributed by atoms with van der Waals surface area (Å²) in [6.45, 7) is 0. The van der Waals surface area contributed by atoms with Crippen molar-refractivity contribution in [3.8, 4) is 0 Å². The number of H-pyrrole nitrogens is 1. The lowest BCUT2D eigenvalue weighted by Gasteiger charge is -1.52. The Morgan fingerprint density at radius 3 is 2.62 bits per heavy atom. The van der Waals surface area contributed by atoms with Gasteiger partial charge in [-0.1, -0.05) is 11.3 Å². The van der Waals surface area contributed by atoms with Crippen molar-refractivity contribution in [3.63, 3.8) is 0 Å². The number of rotatable bonds is 0. The predicted octanol–water partition coefficient (Wildman–Crippen LogP) is 1.75. The summed E-state index contributed by atoms with van der Waals surface area (Å²) in [6.07, 6.45) is 1.69. The molecule has 2 nitrogen and oxygen atoms in total. The monoisotopic (exact) mass is 166 g/mol.